The number of carbonyl (C=O) groups is 1. The number of carbonyl (C=O) groups excluding carboxylic acids is 1. The maximum absolute atomic E-state index is 11.1. The highest BCUT2D eigenvalue weighted by atomic mass is 79.9. The molecule has 3 nitrogen and oxygen atoms in total. The number of H-pyrrole nitrogens is 1. The number of aryl methyl sites for hydroxylation is 1. The van der Waals surface area contributed by atoms with Crippen LogP contribution in [0.15, 0.2) is 4.79 Å². The largest absolute Gasteiger partial charge is 0.316 e. The van der Waals surface area contributed by atoms with Gasteiger partial charge in [-0.05, 0) is 6.92 Å². The fraction of sp³-hybridized carbons (Fsp3) is 0.333. The van der Waals surface area contributed by atoms with Crippen LogP contribution < -0.4 is 4.87 Å². The summed E-state index contributed by atoms with van der Waals surface area (Å²) in [6.45, 7) is 1.72. The van der Waals surface area contributed by atoms with Crippen LogP contribution >= 0.6 is 27.3 Å². The van der Waals surface area contributed by atoms with Gasteiger partial charge in [0.1, 0.15) is 0 Å². The van der Waals surface area contributed by atoms with Crippen molar-refractivity contribution < 1.29 is 4.79 Å². The first-order valence-corrected chi connectivity index (χ1v) is 4.88. The molecule has 0 fully saturated rings. The van der Waals surface area contributed by atoms with Crippen molar-refractivity contribution in [3.05, 3.63) is 20.2 Å². The molecule has 0 aromatic carbocycles. The number of ketones is 1. The van der Waals surface area contributed by atoms with Crippen LogP contribution in [0.1, 0.15) is 15.4 Å². The molecular formula is C6H6BrNO2S. The molecule has 11 heavy (non-hydrogen) atoms. The number of thiazole rings is 1. The number of nitrogens with one attached hydrogen (secondary N) is 1. The summed E-state index contributed by atoms with van der Waals surface area (Å²) in [6.07, 6.45) is 0. The van der Waals surface area contributed by atoms with Gasteiger partial charge in [-0.3, -0.25) is 9.59 Å². The quantitative estimate of drug-likeness (QED) is 0.621. The van der Waals surface area contributed by atoms with Gasteiger partial charge in [0.15, 0.2) is 5.78 Å². The van der Waals surface area contributed by atoms with E-state index in [1.54, 1.807) is 6.92 Å². The molecule has 0 spiro atoms. The molecule has 0 atom stereocenters. The summed E-state index contributed by atoms with van der Waals surface area (Å²) in [5.41, 5.74) is 0.657. The van der Waals surface area contributed by atoms with E-state index in [2.05, 4.69) is 20.9 Å². The van der Waals surface area contributed by atoms with Crippen LogP contribution in [0.4, 0.5) is 0 Å². The van der Waals surface area contributed by atoms with E-state index in [1.165, 1.54) is 0 Å². The Morgan fingerprint density at radius 2 is 2.36 bits per heavy atom. The maximum atomic E-state index is 11.1. The van der Waals surface area contributed by atoms with Gasteiger partial charge in [0.2, 0.25) is 0 Å². The highest BCUT2D eigenvalue weighted by Crippen LogP contribution is 2.09. The van der Waals surface area contributed by atoms with Gasteiger partial charge in [0, 0.05) is 5.69 Å². The predicted molar refractivity (Wildman–Crippen MR) is 47.8 cm³/mol. The summed E-state index contributed by atoms with van der Waals surface area (Å²) in [5.74, 6) is -0.0501. The zero-order valence-electron chi connectivity index (χ0n) is 5.81. The highest BCUT2D eigenvalue weighted by molar-refractivity contribution is 9.09. The van der Waals surface area contributed by atoms with E-state index in [0.717, 1.165) is 11.3 Å². The average molecular weight is 236 g/mol. The van der Waals surface area contributed by atoms with E-state index in [4.69, 9.17) is 0 Å². The summed E-state index contributed by atoms with van der Waals surface area (Å²) in [4.78, 5) is 24.7. The molecule has 1 aromatic heterocycles. The molecule has 0 saturated carbocycles. The first-order chi connectivity index (χ1) is 5.15. The second kappa shape index (κ2) is 3.32. The minimum absolute atomic E-state index is 0.0501. The number of aromatic amines is 1. The molecule has 1 N–H and O–H groups in total. The van der Waals surface area contributed by atoms with Crippen molar-refractivity contribution in [2.45, 2.75) is 6.92 Å². The minimum atomic E-state index is -0.174. The SMILES string of the molecule is Cc1[nH]c(=O)sc1C(=O)CBr. The molecule has 0 saturated heterocycles. The van der Waals surface area contributed by atoms with Crippen molar-refractivity contribution in [1.82, 2.24) is 4.98 Å². The average Bonchev–Trinajstić information content (AvgIpc) is 2.28. The summed E-state index contributed by atoms with van der Waals surface area (Å²) >= 11 is 3.99. The molecule has 0 aliphatic rings. The first kappa shape index (κ1) is 8.67. The van der Waals surface area contributed by atoms with Gasteiger partial charge in [-0.1, -0.05) is 27.3 Å². The molecule has 0 unspecified atom stereocenters. The second-order valence-corrected chi connectivity index (χ2v) is 3.57. The van der Waals surface area contributed by atoms with Crippen molar-refractivity contribution >= 4 is 33.0 Å². The fourth-order valence-electron chi connectivity index (χ4n) is 0.731. The summed E-state index contributed by atoms with van der Waals surface area (Å²) in [7, 11) is 0. The van der Waals surface area contributed by atoms with Crippen LogP contribution in [0.2, 0.25) is 0 Å². The Hall–Kier alpha value is -0.420. The van der Waals surface area contributed by atoms with Crippen molar-refractivity contribution in [3.8, 4) is 0 Å². The Bertz CT molecular complexity index is 328. The molecule has 0 aliphatic carbocycles. The van der Waals surface area contributed by atoms with E-state index in [0.29, 0.717) is 10.6 Å². The van der Waals surface area contributed by atoms with Crippen molar-refractivity contribution in [2.75, 3.05) is 5.33 Å². The smallest absolute Gasteiger partial charge is 0.305 e. The number of Topliss-reactive ketones (excluding diaryl/α,β-unsaturated/α-hetero) is 1. The van der Waals surface area contributed by atoms with Gasteiger partial charge >= 0.3 is 4.87 Å². The van der Waals surface area contributed by atoms with Gasteiger partial charge in [-0.2, -0.15) is 0 Å². The molecule has 0 radical (unpaired) electrons. The van der Waals surface area contributed by atoms with E-state index in [-0.39, 0.29) is 16.0 Å². The summed E-state index contributed by atoms with van der Waals surface area (Å²) in [5, 5.41) is 0.266. The number of halogens is 1. The van der Waals surface area contributed by atoms with Crippen molar-refractivity contribution in [1.29, 1.82) is 0 Å². The first-order valence-electron chi connectivity index (χ1n) is 2.94. The van der Waals surface area contributed by atoms with Gasteiger partial charge < -0.3 is 4.98 Å². The lowest BCUT2D eigenvalue weighted by atomic mass is 10.3. The molecule has 1 heterocycles. The molecule has 60 valence electrons. The van der Waals surface area contributed by atoms with E-state index in [1.807, 2.05) is 0 Å². The zero-order valence-corrected chi connectivity index (χ0v) is 8.21. The van der Waals surface area contributed by atoms with Gasteiger partial charge in [0.05, 0.1) is 10.2 Å². The third kappa shape index (κ3) is 1.78. The normalized spacial score (nSPS) is 10.0. The van der Waals surface area contributed by atoms with E-state index < -0.39 is 0 Å². The number of hydrogen-bond donors (Lipinski definition) is 1. The lowest BCUT2D eigenvalue weighted by Crippen LogP contribution is -1.98. The number of hydrogen-bond acceptors (Lipinski definition) is 3. The van der Waals surface area contributed by atoms with Gasteiger partial charge in [-0.25, -0.2) is 0 Å². The summed E-state index contributed by atoms with van der Waals surface area (Å²) < 4.78 is 0. The molecular weight excluding hydrogens is 230 g/mol. The Morgan fingerprint density at radius 1 is 1.73 bits per heavy atom. The number of rotatable bonds is 2. The van der Waals surface area contributed by atoms with Crippen molar-refractivity contribution in [3.63, 3.8) is 0 Å². The van der Waals surface area contributed by atoms with Crippen LogP contribution in [0.3, 0.4) is 0 Å². The third-order valence-electron chi connectivity index (χ3n) is 1.20. The molecule has 0 aliphatic heterocycles. The topological polar surface area (TPSA) is 49.9 Å². The Balaban J connectivity index is 3.13. The van der Waals surface area contributed by atoms with Crippen molar-refractivity contribution in [2.24, 2.45) is 0 Å². The van der Waals surface area contributed by atoms with Crippen LogP contribution in [-0.4, -0.2) is 16.1 Å². The maximum Gasteiger partial charge on any atom is 0.305 e. The predicted octanol–water partition coefficient (Wildman–Crippen LogP) is 1.32. The van der Waals surface area contributed by atoms with E-state index >= 15 is 0 Å². The second-order valence-electron chi connectivity index (χ2n) is 2.03. The number of aromatic nitrogens is 1. The monoisotopic (exact) mass is 235 g/mol. The van der Waals surface area contributed by atoms with Crippen LogP contribution in [-0.2, 0) is 0 Å². The van der Waals surface area contributed by atoms with Crippen LogP contribution in [0, 0.1) is 6.92 Å². The molecule has 1 rings (SSSR count). The lowest BCUT2D eigenvalue weighted by Gasteiger charge is -1.89. The minimum Gasteiger partial charge on any atom is -0.316 e. The van der Waals surface area contributed by atoms with Crippen LogP contribution in [0.5, 0.6) is 0 Å². The zero-order chi connectivity index (χ0) is 8.43. The molecule has 5 heteroatoms. The lowest BCUT2D eigenvalue weighted by molar-refractivity contribution is 0.102. The van der Waals surface area contributed by atoms with E-state index in [9.17, 15) is 9.59 Å². The third-order valence-corrected chi connectivity index (χ3v) is 2.73. The Kier molecular flexibility index (Phi) is 2.62. The number of alkyl halides is 1. The Labute approximate surface area is 75.6 Å². The van der Waals surface area contributed by atoms with Gasteiger partial charge in [-0.15, -0.1) is 0 Å². The fourth-order valence-corrected chi connectivity index (χ4v) is 1.98. The molecule has 1 aromatic rings. The molecule has 0 amide bonds. The van der Waals surface area contributed by atoms with Crippen LogP contribution in [0.25, 0.3) is 0 Å². The molecule has 0 bridgehead atoms. The van der Waals surface area contributed by atoms with Gasteiger partial charge in [0.25, 0.3) is 0 Å². The summed E-state index contributed by atoms with van der Waals surface area (Å²) in [6, 6.07) is 0. The Morgan fingerprint density at radius 3 is 2.73 bits per heavy atom. The highest BCUT2D eigenvalue weighted by Gasteiger charge is 2.10. The standard InChI is InChI=1S/C6H6BrNO2S/c1-3-5(4(9)2-7)11-6(10)8-3/h2H2,1H3,(H,8,10).